The maximum Gasteiger partial charge on any atom is 0.119 e. The van der Waals surface area contributed by atoms with Gasteiger partial charge in [-0.25, -0.2) is 0 Å². The molecule has 0 aliphatic rings. The van der Waals surface area contributed by atoms with Crippen molar-refractivity contribution in [1.29, 1.82) is 0 Å². The number of hydrogen-bond acceptors (Lipinski definition) is 4. The van der Waals surface area contributed by atoms with Gasteiger partial charge in [0.25, 0.3) is 0 Å². The van der Waals surface area contributed by atoms with Gasteiger partial charge in [0.05, 0.1) is 24.0 Å². The van der Waals surface area contributed by atoms with E-state index < -0.39 is 10.8 Å². The van der Waals surface area contributed by atoms with Crippen LogP contribution in [0, 0.1) is 0 Å². The van der Waals surface area contributed by atoms with Crippen molar-refractivity contribution in [3.8, 4) is 23.0 Å². The van der Waals surface area contributed by atoms with Crippen molar-refractivity contribution in [2.75, 3.05) is 13.2 Å². The van der Waals surface area contributed by atoms with Crippen LogP contribution in [0.15, 0.2) is 194 Å². The fraction of sp³-hybridized carbons (Fsp3) is 0.368. The summed E-state index contributed by atoms with van der Waals surface area (Å²) in [7, 11) is 0. The third kappa shape index (κ3) is 13.6. The molecule has 4 nitrogen and oxygen atoms in total. The van der Waals surface area contributed by atoms with E-state index in [4.69, 9.17) is 9.47 Å². The molecule has 0 fully saturated rings. The van der Waals surface area contributed by atoms with Crippen LogP contribution in [0.1, 0.15) is 201 Å². The van der Waals surface area contributed by atoms with Gasteiger partial charge in [0, 0.05) is 0 Å². The highest BCUT2D eigenvalue weighted by Crippen LogP contribution is 2.49. The number of hydrogen-bond donors (Lipinski definition) is 2. The lowest BCUT2D eigenvalue weighted by molar-refractivity contribution is 0.301. The lowest BCUT2D eigenvalue weighted by atomic mass is 9.64. The Morgan fingerprint density at radius 2 is 0.388 bits per heavy atom. The molecule has 418 valence electrons. The monoisotopic (exact) mass is 1070 g/mol. The number of unbranched alkanes of at least 4 members (excludes halogenated alkanes) is 7. The molecule has 0 aliphatic heterocycles. The number of benzene rings is 8. The van der Waals surface area contributed by atoms with Gasteiger partial charge < -0.3 is 19.7 Å². The van der Waals surface area contributed by atoms with Gasteiger partial charge in [0.1, 0.15) is 23.0 Å². The van der Waals surface area contributed by atoms with E-state index >= 15 is 0 Å². The summed E-state index contributed by atoms with van der Waals surface area (Å²) in [6.45, 7) is 28.5. The van der Waals surface area contributed by atoms with E-state index in [1.165, 1.54) is 70.2 Å². The molecule has 0 radical (unpaired) electrons. The highest BCUT2D eigenvalue weighted by Gasteiger charge is 2.41. The fourth-order valence-corrected chi connectivity index (χ4v) is 11.6. The molecular weight excluding hydrogens is 977 g/mol. The van der Waals surface area contributed by atoms with Crippen LogP contribution in [-0.4, -0.2) is 23.4 Å². The van der Waals surface area contributed by atoms with E-state index in [0.29, 0.717) is 13.2 Å². The summed E-state index contributed by atoms with van der Waals surface area (Å²) in [5, 5.41) is 20.9. The lowest BCUT2D eigenvalue weighted by Gasteiger charge is -2.37. The molecule has 0 spiro atoms. The second-order valence-corrected chi connectivity index (χ2v) is 26.5. The Bertz CT molecular complexity index is 2840. The van der Waals surface area contributed by atoms with Gasteiger partial charge in [-0.1, -0.05) is 267 Å². The molecule has 0 atom stereocenters. The van der Waals surface area contributed by atoms with Crippen molar-refractivity contribution in [1.82, 2.24) is 0 Å². The molecule has 8 rings (SSSR count). The van der Waals surface area contributed by atoms with E-state index in [2.05, 4.69) is 253 Å². The molecule has 4 heteroatoms. The predicted molar refractivity (Wildman–Crippen MR) is 336 cm³/mol. The van der Waals surface area contributed by atoms with E-state index in [9.17, 15) is 10.2 Å². The van der Waals surface area contributed by atoms with Gasteiger partial charge in [0.15, 0.2) is 0 Å². The average molecular weight is 1070 g/mol. The zero-order valence-electron chi connectivity index (χ0n) is 50.3. The van der Waals surface area contributed by atoms with Crippen LogP contribution >= 0.6 is 0 Å². The minimum atomic E-state index is -0.634. The summed E-state index contributed by atoms with van der Waals surface area (Å²) in [5.41, 5.74) is 13.2. The minimum Gasteiger partial charge on any atom is -0.508 e. The van der Waals surface area contributed by atoms with Crippen molar-refractivity contribution in [2.45, 2.75) is 167 Å². The molecule has 80 heavy (non-hydrogen) atoms. The van der Waals surface area contributed by atoms with Crippen LogP contribution in [0.3, 0.4) is 0 Å². The lowest BCUT2D eigenvalue weighted by Crippen LogP contribution is -2.31. The molecular formula is C76H90O4. The molecule has 8 aromatic carbocycles. The Labute approximate surface area is 481 Å². The highest BCUT2D eigenvalue weighted by molar-refractivity contribution is 5.63. The number of phenols is 2. The molecule has 0 saturated carbocycles. The van der Waals surface area contributed by atoms with E-state index in [0.717, 1.165) is 59.4 Å². The van der Waals surface area contributed by atoms with Crippen LogP contribution in [0.5, 0.6) is 23.0 Å². The zero-order chi connectivity index (χ0) is 57.4. The van der Waals surface area contributed by atoms with E-state index in [1.807, 2.05) is 0 Å². The second kappa shape index (κ2) is 24.8. The van der Waals surface area contributed by atoms with Gasteiger partial charge in [0.2, 0.25) is 0 Å². The molecule has 8 aromatic rings. The molecule has 0 bridgehead atoms. The first-order chi connectivity index (χ1) is 38.0. The summed E-state index contributed by atoms with van der Waals surface area (Å²) < 4.78 is 12.8. The fourth-order valence-electron chi connectivity index (χ4n) is 11.6. The summed E-state index contributed by atoms with van der Waals surface area (Å²) in [6, 6.07) is 69.4. The normalized spacial score (nSPS) is 12.6. The maximum absolute atomic E-state index is 10.5. The Balaban J connectivity index is 0.846. The van der Waals surface area contributed by atoms with Crippen LogP contribution in [0.25, 0.3) is 0 Å². The first-order valence-electron chi connectivity index (χ1n) is 29.5. The van der Waals surface area contributed by atoms with Crippen molar-refractivity contribution in [2.24, 2.45) is 0 Å². The van der Waals surface area contributed by atoms with Crippen molar-refractivity contribution in [3.05, 3.63) is 261 Å². The average Bonchev–Trinajstić information content (AvgIpc) is 3.61. The summed E-state index contributed by atoms with van der Waals surface area (Å²) in [4.78, 5) is 0. The molecule has 2 N–H and O–H groups in total. The molecule has 0 unspecified atom stereocenters. The molecule has 0 aliphatic carbocycles. The first-order valence-corrected chi connectivity index (χ1v) is 29.5. The second-order valence-electron chi connectivity index (χ2n) is 26.5. The number of aromatic hydroxyl groups is 2. The molecule has 0 heterocycles. The molecule has 0 aromatic heterocycles. The smallest absolute Gasteiger partial charge is 0.119 e. The molecule has 0 saturated heterocycles. The SMILES string of the molecule is CC(C)(C)c1ccc(C(c2ccc(O)cc2)(c2ccc(OCCCCCCCCCCOc3ccc(C(c4ccc(O)cc4)(c4ccc(C(C)(C)C)cc4)c4ccc(C(C)(C)C)cc4)cc3)cc2)c2ccc(C(C)(C)C)cc2)cc1. The third-order valence-corrected chi connectivity index (χ3v) is 16.5. The predicted octanol–water partition coefficient (Wildman–Crippen LogP) is 19.6. The van der Waals surface area contributed by atoms with Crippen molar-refractivity contribution in [3.63, 3.8) is 0 Å². The van der Waals surface area contributed by atoms with Crippen LogP contribution in [-0.2, 0) is 32.5 Å². The van der Waals surface area contributed by atoms with Gasteiger partial charge in [-0.2, -0.15) is 0 Å². The van der Waals surface area contributed by atoms with E-state index in [1.54, 1.807) is 24.3 Å². The van der Waals surface area contributed by atoms with Crippen LogP contribution in [0.4, 0.5) is 0 Å². The molecule has 0 amide bonds. The number of phenolic OH excluding ortho intramolecular Hbond substituents is 2. The van der Waals surface area contributed by atoms with Crippen LogP contribution < -0.4 is 9.47 Å². The first kappa shape index (κ1) is 59.1. The minimum absolute atomic E-state index is 0.0257. The van der Waals surface area contributed by atoms with Gasteiger partial charge >= 0.3 is 0 Å². The third-order valence-electron chi connectivity index (χ3n) is 16.5. The van der Waals surface area contributed by atoms with Crippen molar-refractivity contribution >= 4 is 0 Å². The Morgan fingerprint density at radius 3 is 0.588 bits per heavy atom. The largest absolute Gasteiger partial charge is 0.508 e. The van der Waals surface area contributed by atoms with Gasteiger partial charge in [-0.3, -0.25) is 0 Å². The Hall–Kier alpha value is -7.04. The maximum atomic E-state index is 10.5. The highest BCUT2D eigenvalue weighted by atomic mass is 16.5. The summed E-state index contributed by atoms with van der Waals surface area (Å²) in [6.07, 6.45) is 9.20. The number of ether oxygens (including phenoxy) is 2. The quantitative estimate of drug-likeness (QED) is 0.0556. The van der Waals surface area contributed by atoms with Crippen LogP contribution in [0.2, 0.25) is 0 Å². The Kier molecular flexibility index (Phi) is 18.3. The zero-order valence-corrected chi connectivity index (χ0v) is 50.3. The number of rotatable bonds is 21. The summed E-state index contributed by atoms with van der Waals surface area (Å²) in [5.74, 6) is 2.26. The topological polar surface area (TPSA) is 58.9 Å². The van der Waals surface area contributed by atoms with Gasteiger partial charge in [-0.05, 0) is 150 Å². The Morgan fingerprint density at radius 1 is 0.225 bits per heavy atom. The van der Waals surface area contributed by atoms with E-state index in [-0.39, 0.29) is 33.2 Å². The summed E-state index contributed by atoms with van der Waals surface area (Å²) >= 11 is 0. The standard InChI is InChI=1S/C76H90O4/c1-71(2,3)55-21-29-59(30-22-55)75(63-37-45-67(77)46-38-63,60-31-23-56(24-32-60)72(4,5)6)65-41-49-69(50-42-65)79-53-19-17-15-13-14-16-18-20-54-80-70-51-43-66(44-52-70)76(64-39-47-68(78)48-40-64,61-33-25-57(26-34-61)73(7,8)9)62-35-27-58(28-36-62)74(10,11)12/h21-52,77-78H,13-20,53-54H2,1-12H3. The van der Waals surface area contributed by atoms with Gasteiger partial charge in [-0.15, -0.1) is 0 Å². The van der Waals surface area contributed by atoms with Crippen molar-refractivity contribution < 1.29 is 19.7 Å².